The van der Waals surface area contributed by atoms with Crippen LogP contribution in [0.25, 0.3) is 16.9 Å². The van der Waals surface area contributed by atoms with Gasteiger partial charge in [-0.3, -0.25) is 18.7 Å². The number of hydrogen-bond acceptors (Lipinski definition) is 4. The summed E-state index contributed by atoms with van der Waals surface area (Å²) in [5.74, 6) is -0.325. The molecule has 3 aromatic heterocycles. The fourth-order valence-electron chi connectivity index (χ4n) is 3.12. The van der Waals surface area contributed by atoms with Crippen LogP contribution in [-0.2, 0) is 25.4 Å². The van der Waals surface area contributed by atoms with Gasteiger partial charge in [-0.05, 0) is 30.3 Å². The number of carbonyl (C=O) groups is 1. The number of nitrogens with zero attached hydrogens (tertiary/aromatic N) is 5. The Labute approximate surface area is 169 Å². The lowest BCUT2D eigenvalue weighted by atomic mass is 10.3. The first-order chi connectivity index (χ1) is 13.8. The highest BCUT2D eigenvalue weighted by molar-refractivity contribution is 6.30. The van der Waals surface area contributed by atoms with Crippen molar-refractivity contribution in [2.24, 2.45) is 14.1 Å². The lowest BCUT2D eigenvalue weighted by Crippen LogP contribution is -2.37. The van der Waals surface area contributed by atoms with Gasteiger partial charge in [0.15, 0.2) is 11.2 Å². The van der Waals surface area contributed by atoms with Gasteiger partial charge in [-0.15, -0.1) is 0 Å². The molecule has 29 heavy (non-hydrogen) atoms. The first kappa shape index (κ1) is 18.8. The number of amides is 1. The Hall–Kier alpha value is -3.59. The van der Waals surface area contributed by atoms with Gasteiger partial charge in [0.2, 0.25) is 5.91 Å². The van der Waals surface area contributed by atoms with E-state index in [4.69, 9.17) is 11.6 Å². The maximum absolute atomic E-state index is 12.5. The highest BCUT2D eigenvalue weighted by Crippen LogP contribution is 2.17. The lowest BCUT2D eigenvalue weighted by Gasteiger charge is -2.07. The number of anilines is 1. The van der Waals surface area contributed by atoms with Crippen molar-refractivity contribution in [1.82, 2.24) is 23.3 Å². The van der Waals surface area contributed by atoms with Crippen molar-refractivity contribution in [3.8, 4) is 5.69 Å². The largest absolute Gasteiger partial charge is 0.332 e. The lowest BCUT2D eigenvalue weighted by molar-refractivity contribution is -0.116. The monoisotopic (exact) mass is 412 g/mol. The van der Waals surface area contributed by atoms with Crippen LogP contribution in [0.4, 0.5) is 5.69 Å². The van der Waals surface area contributed by atoms with E-state index in [2.05, 4.69) is 10.3 Å². The SMILES string of the molecule is Cn1c(=O)c2c(ncn2CC(=O)Nc2ccn(-c3ccc(Cl)cc3)c2)n(C)c1=O. The van der Waals surface area contributed by atoms with Gasteiger partial charge in [0.25, 0.3) is 5.56 Å². The van der Waals surface area contributed by atoms with E-state index < -0.39 is 11.2 Å². The van der Waals surface area contributed by atoms with E-state index in [-0.39, 0.29) is 23.6 Å². The van der Waals surface area contributed by atoms with E-state index in [0.29, 0.717) is 10.7 Å². The van der Waals surface area contributed by atoms with Gasteiger partial charge in [-0.2, -0.15) is 0 Å². The van der Waals surface area contributed by atoms with Crippen LogP contribution < -0.4 is 16.6 Å². The average molecular weight is 413 g/mol. The van der Waals surface area contributed by atoms with Crippen molar-refractivity contribution in [1.29, 1.82) is 0 Å². The highest BCUT2D eigenvalue weighted by atomic mass is 35.5. The number of hydrogen-bond donors (Lipinski definition) is 1. The third-order valence-electron chi connectivity index (χ3n) is 4.63. The standard InChI is InChI=1S/C19H17ClN6O3/c1-23-17-16(18(28)24(2)19(23)29)26(11-21-17)10-15(27)22-13-7-8-25(9-13)14-5-3-12(20)4-6-14/h3-9,11H,10H2,1-2H3,(H,22,27). The molecule has 0 unspecified atom stereocenters. The van der Waals surface area contributed by atoms with Crippen molar-refractivity contribution >= 4 is 34.4 Å². The normalized spacial score (nSPS) is 11.1. The van der Waals surface area contributed by atoms with Gasteiger partial charge < -0.3 is 14.5 Å². The van der Waals surface area contributed by atoms with Gasteiger partial charge >= 0.3 is 5.69 Å². The molecule has 0 saturated carbocycles. The number of fused-ring (bicyclic) bond motifs is 1. The molecule has 4 rings (SSSR count). The second kappa shape index (κ2) is 7.10. The maximum atomic E-state index is 12.5. The molecule has 0 aliphatic heterocycles. The van der Waals surface area contributed by atoms with Crippen LogP contribution in [0.5, 0.6) is 0 Å². The summed E-state index contributed by atoms with van der Waals surface area (Å²) < 4.78 is 5.55. The molecule has 0 bridgehead atoms. The molecule has 0 spiro atoms. The van der Waals surface area contributed by atoms with Crippen LogP contribution in [0.1, 0.15) is 0 Å². The molecule has 3 heterocycles. The molecule has 9 nitrogen and oxygen atoms in total. The Bertz CT molecular complexity index is 1340. The van der Waals surface area contributed by atoms with E-state index in [1.807, 2.05) is 22.9 Å². The van der Waals surface area contributed by atoms with Crippen molar-refractivity contribution in [3.63, 3.8) is 0 Å². The van der Waals surface area contributed by atoms with Gasteiger partial charge in [-0.25, -0.2) is 9.78 Å². The highest BCUT2D eigenvalue weighted by Gasteiger charge is 2.16. The molecule has 0 aliphatic rings. The minimum absolute atomic E-state index is 0.115. The summed E-state index contributed by atoms with van der Waals surface area (Å²) in [4.78, 5) is 41.1. The number of benzene rings is 1. The third-order valence-corrected chi connectivity index (χ3v) is 4.88. The first-order valence-corrected chi connectivity index (χ1v) is 9.07. The number of aromatic nitrogens is 5. The summed E-state index contributed by atoms with van der Waals surface area (Å²) in [6.45, 7) is -0.115. The fraction of sp³-hybridized carbons (Fsp3) is 0.158. The molecule has 10 heteroatoms. The zero-order valence-electron chi connectivity index (χ0n) is 15.7. The molecule has 0 saturated heterocycles. The van der Waals surface area contributed by atoms with Crippen LogP contribution in [0.15, 0.2) is 58.6 Å². The van der Waals surface area contributed by atoms with Gasteiger partial charge in [0.05, 0.1) is 12.0 Å². The Morgan fingerprint density at radius 2 is 1.83 bits per heavy atom. The second-order valence-electron chi connectivity index (χ2n) is 6.58. The minimum atomic E-state index is -0.498. The van der Waals surface area contributed by atoms with E-state index in [0.717, 1.165) is 10.3 Å². The molecular weight excluding hydrogens is 396 g/mol. The zero-order valence-corrected chi connectivity index (χ0v) is 16.4. The molecule has 4 aromatic rings. The maximum Gasteiger partial charge on any atom is 0.332 e. The van der Waals surface area contributed by atoms with Crippen LogP contribution in [0, 0.1) is 0 Å². The van der Waals surface area contributed by atoms with Gasteiger partial charge in [0.1, 0.15) is 6.54 Å². The molecular formula is C19H17ClN6O3. The number of nitrogens with one attached hydrogen (secondary N) is 1. The van der Waals surface area contributed by atoms with Crippen molar-refractivity contribution in [2.75, 3.05) is 5.32 Å². The Balaban J connectivity index is 1.56. The molecule has 0 fully saturated rings. The fourth-order valence-corrected chi connectivity index (χ4v) is 3.24. The smallest absolute Gasteiger partial charge is 0.323 e. The summed E-state index contributed by atoms with van der Waals surface area (Å²) in [7, 11) is 2.92. The molecule has 148 valence electrons. The van der Waals surface area contributed by atoms with Gasteiger partial charge in [-0.1, -0.05) is 11.6 Å². The number of aryl methyl sites for hydroxylation is 1. The average Bonchev–Trinajstić information content (AvgIpc) is 3.32. The molecule has 1 aromatic carbocycles. The van der Waals surface area contributed by atoms with Crippen LogP contribution >= 0.6 is 11.6 Å². The van der Waals surface area contributed by atoms with E-state index in [1.54, 1.807) is 24.4 Å². The van der Waals surface area contributed by atoms with E-state index in [1.165, 1.54) is 29.6 Å². The summed E-state index contributed by atoms with van der Waals surface area (Å²) >= 11 is 5.91. The summed E-state index contributed by atoms with van der Waals surface area (Å²) in [5, 5.41) is 3.44. The topological polar surface area (TPSA) is 95.8 Å². The Kier molecular flexibility index (Phi) is 4.59. The number of halogens is 1. The predicted octanol–water partition coefficient (Wildman–Crippen LogP) is 1.52. The summed E-state index contributed by atoms with van der Waals surface area (Å²) in [6, 6.07) is 9.07. The molecule has 1 amide bonds. The number of rotatable bonds is 4. The van der Waals surface area contributed by atoms with Crippen molar-refractivity contribution < 1.29 is 4.79 Å². The number of carbonyl (C=O) groups excluding carboxylic acids is 1. The molecule has 1 N–H and O–H groups in total. The number of imidazole rings is 1. The van der Waals surface area contributed by atoms with Crippen LogP contribution in [0.2, 0.25) is 5.02 Å². The van der Waals surface area contributed by atoms with E-state index in [9.17, 15) is 14.4 Å². The van der Waals surface area contributed by atoms with Crippen LogP contribution in [-0.4, -0.2) is 29.2 Å². The van der Waals surface area contributed by atoms with Crippen LogP contribution in [0.3, 0.4) is 0 Å². The first-order valence-electron chi connectivity index (χ1n) is 8.70. The molecule has 0 aliphatic carbocycles. The summed E-state index contributed by atoms with van der Waals surface area (Å²) in [6.07, 6.45) is 4.97. The summed E-state index contributed by atoms with van der Waals surface area (Å²) in [5.41, 5.74) is 0.973. The van der Waals surface area contributed by atoms with Crippen molar-refractivity contribution in [2.45, 2.75) is 6.54 Å². The van der Waals surface area contributed by atoms with Crippen molar-refractivity contribution in [3.05, 3.63) is 74.9 Å². The van der Waals surface area contributed by atoms with Gasteiger partial charge in [0, 0.05) is 37.2 Å². The molecule has 0 atom stereocenters. The quantitative estimate of drug-likeness (QED) is 0.549. The van der Waals surface area contributed by atoms with E-state index >= 15 is 0 Å². The molecule has 0 radical (unpaired) electrons. The minimum Gasteiger partial charge on any atom is -0.323 e. The third kappa shape index (κ3) is 3.36. The Morgan fingerprint density at radius 3 is 2.55 bits per heavy atom. The Morgan fingerprint density at radius 1 is 1.10 bits per heavy atom. The predicted molar refractivity (Wildman–Crippen MR) is 110 cm³/mol. The zero-order chi connectivity index (χ0) is 20.7. The second-order valence-corrected chi connectivity index (χ2v) is 7.02.